The predicted molar refractivity (Wildman–Crippen MR) is 124 cm³/mol. The third-order valence-electron chi connectivity index (χ3n) is 6.46. The molecule has 1 saturated heterocycles. The number of nitrogens with one attached hydrogen (secondary N) is 1. The van der Waals surface area contributed by atoms with Gasteiger partial charge < -0.3 is 10.2 Å². The summed E-state index contributed by atoms with van der Waals surface area (Å²) in [5.74, 6) is 0.754. The molecule has 2 aliphatic heterocycles. The number of hydrogen-bond donors (Lipinski definition) is 1. The minimum Gasteiger partial charge on any atom is -0.339 e. The van der Waals surface area contributed by atoms with Crippen LogP contribution in [-0.4, -0.2) is 49.8 Å². The lowest BCUT2D eigenvalue weighted by atomic mass is 10.0. The molecule has 0 spiro atoms. The second-order valence-corrected chi connectivity index (χ2v) is 9.20. The van der Waals surface area contributed by atoms with Crippen molar-refractivity contribution in [3.63, 3.8) is 0 Å². The summed E-state index contributed by atoms with van der Waals surface area (Å²) in [5, 5.41) is 4.21. The average Bonchev–Trinajstić information content (AvgIpc) is 3.24. The highest BCUT2D eigenvalue weighted by Gasteiger charge is 2.31. The monoisotopic (exact) mass is 450 g/mol. The second kappa shape index (κ2) is 9.00. The number of hydrogen-bond acceptors (Lipinski definition) is 6. The average molecular weight is 451 g/mol. The maximum Gasteiger partial charge on any atom is 0.253 e. The van der Waals surface area contributed by atoms with Gasteiger partial charge in [-0.2, -0.15) is 0 Å². The Labute approximate surface area is 193 Å². The molecule has 3 aliphatic rings. The van der Waals surface area contributed by atoms with E-state index in [1.54, 1.807) is 12.3 Å². The van der Waals surface area contributed by atoms with Crippen molar-refractivity contribution >= 4 is 23.5 Å². The summed E-state index contributed by atoms with van der Waals surface area (Å²) < 4.78 is 0. The summed E-state index contributed by atoms with van der Waals surface area (Å²) in [7, 11) is 0. The van der Waals surface area contributed by atoms with Gasteiger partial charge in [0.05, 0.1) is 5.69 Å². The van der Waals surface area contributed by atoms with Gasteiger partial charge in [0.1, 0.15) is 0 Å². The van der Waals surface area contributed by atoms with Gasteiger partial charge in [-0.3, -0.25) is 14.7 Å². The van der Waals surface area contributed by atoms with Gasteiger partial charge in [0, 0.05) is 72.2 Å². The van der Waals surface area contributed by atoms with E-state index >= 15 is 0 Å². The largest absolute Gasteiger partial charge is 0.339 e. The first-order valence-corrected chi connectivity index (χ1v) is 11.6. The summed E-state index contributed by atoms with van der Waals surface area (Å²) in [6.07, 6.45) is 11.2. The van der Waals surface area contributed by atoms with Gasteiger partial charge in [-0.1, -0.05) is 11.6 Å². The summed E-state index contributed by atoms with van der Waals surface area (Å²) in [6.45, 7) is 5.18. The summed E-state index contributed by atoms with van der Waals surface area (Å²) >= 11 is 6.04. The molecule has 0 bridgehead atoms. The number of aromatic nitrogens is 3. The fourth-order valence-corrected chi connectivity index (χ4v) is 4.81. The third kappa shape index (κ3) is 4.54. The topological polar surface area (TPSA) is 74.2 Å². The number of likely N-dealkylation sites (tertiary alicyclic amines) is 1. The molecule has 0 unspecified atom stereocenters. The van der Waals surface area contributed by atoms with Crippen molar-refractivity contribution in [3.05, 3.63) is 69.9 Å². The van der Waals surface area contributed by atoms with E-state index in [2.05, 4.69) is 20.2 Å². The zero-order valence-electron chi connectivity index (χ0n) is 18.2. The van der Waals surface area contributed by atoms with Crippen LogP contribution in [0, 0.1) is 6.92 Å². The number of nitrogens with zero attached hydrogens (tertiary/aromatic N) is 5. The smallest absolute Gasteiger partial charge is 0.253 e. The maximum absolute atomic E-state index is 12.8. The van der Waals surface area contributed by atoms with Crippen LogP contribution in [0.4, 0.5) is 5.95 Å². The van der Waals surface area contributed by atoms with Crippen molar-refractivity contribution in [2.75, 3.05) is 18.4 Å². The predicted octanol–water partition coefficient (Wildman–Crippen LogP) is 4.01. The molecule has 1 amide bonds. The number of carbonyl (C=O) groups excluding carboxylic acids is 1. The van der Waals surface area contributed by atoms with E-state index in [0.717, 1.165) is 79.5 Å². The number of carbonyl (C=O) groups is 1. The van der Waals surface area contributed by atoms with Gasteiger partial charge >= 0.3 is 0 Å². The van der Waals surface area contributed by atoms with Gasteiger partial charge in [-0.05, 0) is 56.9 Å². The summed E-state index contributed by atoms with van der Waals surface area (Å²) in [5.41, 5.74) is 4.98. The van der Waals surface area contributed by atoms with E-state index in [-0.39, 0.29) is 5.91 Å². The van der Waals surface area contributed by atoms with Gasteiger partial charge in [0.2, 0.25) is 5.95 Å². The SMILES string of the molecule is Cc1cc(C(=O)N2CCC(N3Cc4cnc(NC5=CC=C(Cl)CC5)nc4C3)CC2)ccn1. The summed E-state index contributed by atoms with van der Waals surface area (Å²) in [6, 6.07) is 4.12. The lowest BCUT2D eigenvalue weighted by Crippen LogP contribution is -2.45. The first-order valence-electron chi connectivity index (χ1n) is 11.2. The molecule has 8 heteroatoms. The van der Waals surface area contributed by atoms with Crippen LogP contribution in [-0.2, 0) is 13.1 Å². The minimum absolute atomic E-state index is 0.105. The van der Waals surface area contributed by atoms with Crippen molar-refractivity contribution in [3.8, 4) is 0 Å². The molecule has 1 fully saturated rings. The third-order valence-corrected chi connectivity index (χ3v) is 6.78. The Morgan fingerprint density at radius 3 is 2.75 bits per heavy atom. The number of halogens is 1. The Morgan fingerprint density at radius 2 is 2.00 bits per heavy atom. The van der Waals surface area contributed by atoms with Crippen LogP contribution in [0.2, 0.25) is 0 Å². The van der Waals surface area contributed by atoms with Crippen LogP contribution >= 0.6 is 11.6 Å². The van der Waals surface area contributed by atoms with Crippen molar-refractivity contribution in [1.82, 2.24) is 24.8 Å². The van der Waals surface area contributed by atoms with E-state index < -0.39 is 0 Å². The summed E-state index contributed by atoms with van der Waals surface area (Å²) in [4.78, 5) is 30.7. The van der Waals surface area contributed by atoms with E-state index in [1.165, 1.54) is 5.56 Å². The molecule has 0 aromatic carbocycles. The highest BCUT2D eigenvalue weighted by Crippen LogP contribution is 2.29. The number of fused-ring (bicyclic) bond motifs is 1. The number of aryl methyl sites for hydroxylation is 1. The van der Waals surface area contributed by atoms with Crippen molar-refractivity contribution in [1.29, 1.82) is 0 Å². The fourth-order valence-electron chi connectivity index (χ4n) is 4.65. The molecule has 0 saturated carbocycles. The van der Waals surface area contributed by atoms with E-state index in [0.29, 0.717) is 12.0 Å². The number of amides is 1. The molecular formula is C24H27ClN6O. The first kappa shape index (κ1) is 21.1. The molecule has 1 aliphatic carbocycles. The number of pyridine rings is 1. The van der Waals surface area contributed by atoms with Crippen molar-refractivity contribution in [2.45, 2.75) is 51.7 Å². The zero-order valence-corrected chi connectivity index (χ0v) is 19.0. The molecule has 0 atom stereocenters. The quantitative estimate of drug-likeness (QED) is 0.758. The Bertz CT molecular complexity index is 1090. The minimum atomic E-state index is 0.105. The molecule has 166 valence electrons. The molecule has 5 rings (SSSR count). The van der Waals surface area contributed by atoms with Crippen LogP contribution in [0.25, 0.3) is 0 Å². The van der Waals surface area contributed by atoms with Gasteiger partial charge in [0.15, 0.2) is 0 Å². The van der Waals surface area contributed by atoms with Crippen LogP contribution in [0.15, 0.2) is 47.4 Å². The lowest BCUT2D eigenvalue weighted by molar-refractivity contribution is 0.0613. The highest BCUT2D eigenvalue weighted by atomic mass is 35.5. The van der Waals surface area contributed by atoms with Crippen LogP contribution in [0.3, 0.4) is 0 Å². The van der Waals surface area contributed by atoms with Gasteiger partial charge in [-0.25, -0.2) is 9.97 Å². The number of rotatable bonds is 4. The van der Waals surface area contributed by atoms with E-state index in [4.69, 9.17) is 16.6 Å². The second-order valence-electron chi connectivity index (χ2n) is 8.71. The highest BCUT2D eigenvalue weighted by molar-refractivity contribution is 6.29. The fraction of sp³-hybridized carbons (Fsp3) is 0.417. The maximum atomic E-state index is 12.8. The lowest BCUT2D eigenvalue weighted by Gasteiger charge is -2.36. The number of piperidine rings is 1. The number of anilines is 1. The molecular weight excluding hydrogens is 424 g/mol. The molecule has 0 radical (unpaired) electrons. The Kier molecular flexibility index (Phi) is 5.93. The van der Waals surface area contributed by atoms with Crippen molar-refractivity contribution < 1.29 is 4.79 Å². The standard InChI is InChI=1S/C24H27ClN6O/c1-16-12-17(6-9-26-16)23(32)30-10-7-21(8-11-30)31-14-18-13-27-24(29-22(18)15-31)28-20-4-2-19(25)3-5-20/h2,4,6,9,12-13,21H,3,5,7-8,10-11,14-15H2,1H3,(H,27,28,29). The van der Waals surface area contributed by atoms with Crippen molar-refractivity contribution in [2.24, 2.45) is 0 Å². The van der Waals surface area contributed by atoms with Crippen LogP contribution in [0.5, 0.6) is 0 Å². The van der Waals surface area contributed by atoms with Gasteiger partial charge in [0.25, 0.3) is 5.91 Å². The normalized spacial score (nSPS) is 19.4. The first-order chi connectivity index (χ1) is 15.5. The Morgan fingerprint density at radius 1 is 1.16 bits per heavy atom. The molecule has 1 N–H and O–H groups in total. The number of allylic oxidation sites excluding steroid dienone is 4. The molecule has 2 aromatic rings. The zero-order chi connectivity index (χ0) is 22.1. The van der Waals surface area contributed by atoms with E-state index in [1.807, 2.05) is 36.2 Å². The van der Waals surface area contributed by atoms with Crippen LogP contribution in [0.1, 0.15) is 53.0 Å². The van der Waals surface area contributed by atoms with Crippen LogP contribution < -0.4 is 5.32 Å². The molecule has 4 heterocycles. The van der Waals surface area contributed by atoms with E-state index in [9.17, 15) is 4.79 Å². The Hall–Kier alpha value is -2.77. The molecule has 7 nitrogen and oxygen atoms in total. The molecule has 2 aromatic heterocycles. The van der Waals surface area contributed by atoms with Gasteiger partial charge in [-0.15, -0.1) is 0 Å². The Balaban J connectivity index is 1.17. The molecule has 32 heavy (non-hydrogen) atoms.